The van der Waals surface area contributed by atoms with Gasteiger partial charge < -0.3 is 19.3 Å². The Bertz CT molecular complexity index is 362. The van der Waals surface area contributed by atoms with Gasteiger partial charge in [0.1, 0.15) is 6.10 Å². The van der Waals surface area contributed by atoms with Crippen LogP contribution in [0.4, 0.5) is 0 Å². The molecule has 1 aromatic rings. The molecule has 0 heterocycles. The van der Waals surface area contributed by atoms with Crippen LogP contribution < -0.4 is 0 Å². The zero-order valence-corrected chi connectivity index (χ0v) is 13.4. The fraction of sp³-hybridized carbons (Fsp3) is 0.647. The third kappa shape index (κ3) is 7.58. The van der Waals surface area contributed by atoms with Crippen molar-refractivity contribution in [1.82, 2.24) is 0 Å². The first-order valence-electron chi connectivity index (χ1n) is 7.57. The van der Waals surface area contributed by atoms with Gasteiger partial charge in [-0.15, -0.1) is 0 Å². The van der Waals surface area contributed by atoms with Crippen LogP contribution in [0.25, 0.3) is 0 Å². The van der Waals surface area contributed by atoms with Crippen molar-refractivity contribution in [3.05, 3.63) is 35.4 Å². The first-order chi connectivity index (χ1) is 10.1. The Morgan fingerprint density at radius 1 is 0.905 bits per heavy atom. The third-order valence-electron chi connectivity index (χ3n) is 3.27. The Hall–Kier alpha value is -0.940. The highest BCUT2D eigenvalue weighted by Crippen LogP contribution is 2.18. The van der Waals surface area contributed by atoms with Crippen LogP contribution in [0, 0.1) is 0 Å². The van der Waals surface area contributed by atoms with Crippen molar-refractivity contribution < 1.29 is 19.3 Å². The molecule has 0 spiro atoms. The molecular formula is C17H28O4. The number of aliphatic hydroxyl groups is 1. The van der Waals surface area contributed by atoms with E-state index in [1.807, 2.05) is 12.1 Å². The van der Waals surface area contributed by atoms with Crippen LogP contribution in [-0.4, -0.2) is 45.3 Å². The van der Waals surface area contributed by atoms with Gasteiger partial charge in [0, 0.05) is 20.3 Å². The zero-order valence-electron chi connectivity index (χ0n) is 13.4. The number of benzene rings is 1. The Morgan fingerprint density at radius 3 is 2.14 bits per heavy atom. The van der Waals surface area contributed by atoms with E-state index in [2.05, 4.69) is 26.0 Å². The van der Waals surface area contributed by atoms with Crippen molar-refractivity contribution >= 4 is 0 Å². The lowest BCUT2D eigenvalue weighted by Gasteiger charge is -2.13. The van der Waals surface area contributed by atoms with E-state index in [-0.39, 0.29) is 0 Å². The summed E-state index contributed by atoms with van der Waals surface area (Å²) >= 11 is 0. The summed E-state index contributed by atoms with van der Waals surface area (Å²) in [5.74, 6) is 0.505. The number of ether oxygens (including phenoxy) is 3. The van der Waals surface area contributed by atoms with Gasteiger partial charge in [-0.3, -0.25) is 0 Å². The zero-order chi connectivity index (χ0) is 15.5. The second kappa shape index (κ2) is 10.7. The Balaban J connectivity index is 2.14. The van der Waals surface area contributed by atoms with E-state index in [1.54, 1.807) is 7.11 Å². The van der Waals surface area contributed by atoms with Gasteiger partial charge in [0.2, 0.25) is 0 Å². The molecule has 0 bridgehead atoms. The summed E-state index contributed by atoms with van der Waals surface area (Å²) in [6.45, 7) is 7.11. The molecule has 0 aliphatic carbocycles. The predicted molar refractivity (Wildman–Crippen MR) is 83.6 cm³/mol. The average Bonchev–Trinajstić information content (AvgIpc) is 2.49. The highest BCUT2D eigenvalue weighted by Gasteiger charge is 2.08. The lowest BCUT2D eigenvalue weighted by molar-refractivity contribution is 0.0182. The monoisotopic (exact) mass is 296 g/mol. The van der Waals surface area contributed by atoms with Gasteiger partial charge in [-0.25, -0.2) is 0 Å². The fourth-order valence-electron chi connectivity index (χ4n) is 1.90. The van der Waals surface area contributed by atoms with Crippen LogP contribution in [0.2, 0.25) is 0 Å². The molecule has 1 N–H and O–H groups in total. The van der Waals surface area contributed by atoms with Gasteiger partial charge in [0.15, 0.2) is 0 Å². The second-order valence-corrected chi connectivity index (χ2v) is 5.37. The van der Waals surface area contributed by atoms with E-state index in [0.29, 0.717) is 39.0 Å². The maximum atomic E-state index is 10.0. The largest absolute Gasteiger partial charge is 0.386 e. The summed E-state index contributed by atoms with van der Waals surface area (Å²) in [5, 5.41) is 10.0. The van der Waals surface area contributed by atoms with Crippen LogP contribution in [0.3, 0.4) is 0 Å². The molecule has 0 saturated carbocycles. The molecule has 21 heavy (non-hydrogen) atoms. The van der Waals surface area contributed by atoms with Crippen molar-refractivity contribution in [2.24, 2.45) is 0 Å². The van der Waals surface area contributed by atoms with Crippen LogP contribution in [-0.2, 0) is 14.2 Å². The molecule has 0 radical (unpaired) electrons. The first kappa shape index (κ1) is 18.1. The Labute approximate surface area is 128 Å². The number of aliphatic hydroxyl groups excluding tert-OH is 1. The average molecular weight is 296 g/mol. The highest BCUT2D eigenvalue weighted by molar-refractivity contribution is 5.26. The van der Waals surface area contributed by atoms with Crippen LogP contribution in [0.5, 0.6) is 0 Å². The molecule has 0 aromatic heterocycles. The summed E-state index contributed by atoms with van der Waals surface area (Å²) in [5.41, 5.74) is 2.18. The summed E-state index contributed by atoms with van der Waals surface area (Å²) in [4.78, 5) is 0. The topological polar surface area (TPSA) is 47.9 Å². The van der Waals surface area contributed by atoms with Crippen molar-refractivity contribution in [3.63, 3.8) is 0 Å². The lowest BCUT2D eigenvalue weighted by Crippen LogP contribution is -2.10. The smallest absolute Gasteiger partial charge is 0.102 e. The van der Waals surface area contributed by atoms with Crippen LogP contribution >= 0.6 is 0 Å². The van der Waals surface area contributed by atoms with Gasteiger partial charge in [-0.1, -0.05) is 38.1 Å². The molecule has 1 atom stereocenters. The third-order valence-corrected chi connectivity index (χ3v) is 3.27. The van der Waals surface area contributed by atoms with E-state index in [1.165, 1.54) is 5.56 Å². The second-order valence-electron chi connectivity index (χ2n) is 5.37. The first-order valence-corrected chi connectivity index (χ1v) is 7.57. The fourth-order valence-corrected chi connectivity index (χ4v) is 1.90. The lowest BCUT2D eigenvalue weighted by atomic mass is 10.0. The Kier molecular flexibility index (Phi) is 9.26. The molecule has 4 heteroatoms. The summed E-state index contributed by atoms with van der Waals surface area (Å²) < 4.78 is 15.7. The molecule has 1 aromatic carbocycles. The SMILES string of the molecule is COCCOCCCOCC(O)c1ccc(C(C)C)cc1. The molecule has 0 aliphatic heterocycles. The number of rotatable bonds is 11. The highest BCUT2D eigenvalue weighted by atomic mass is 16.5. The van der Waals surface area contributed by atoms with E-state index < -0.39 is 6.10 Å². The minimum Gasteiger partial charge on any atom is -0.386 e. The summed E-state index contributed by atoms with van der Waals surface area (Å²) in [7, 11) is 1.65. The van der Waals surface area contributed by atoms with Crippen molar-refractivity contribution in [2.75, 3.05) is 40.1 Å². The van der Waals surface area contributed by atoms with Crippen molar-refractivity contribution in [2.45, 2.75) is 32.3 Å². The number of hydrogen-bond acceptors (Lipinski definition) is 4. The number of methoxy groups -OCH3 is 1. The molecule has 0 amide bonds. The van der Waals surface area contributed by atoms with Gasteiger partial charge in [0.25, 0.3) is 0 Å². The van der Waals surface area contributed by atoms with Gasteiger partial charge in [-0.05, 0) is 23.5 Å². The van der Waals surface area contributed by atoms with E-state index in [4.69, 9.17) is 14.2 Å². The van der Waals surface area contributed by atoms with Crippen LogP contribution in [0.1, 0.15) is 43.4 Å². The molecule has 4 nitrogen and oxygen atoms in total. The Morgan fingerprint density at radius 2 is 1.52 bits per heavy atom. The van der Waals surface area contributed by atoms with Crippen LogP contribution in [0.15, 0.2) is 24.3 Å². The molecular weight excluding hydrogens is 268 g/mol. The molecule has 1 unspecified atom stereocenters. The molecule has 120 valence electrons. The van der Waals surface area contributed by atoms with E-state index in [9.17, 15) is 5.11 Å². The molecule has 0 fully saturated rings. The molecule has 1 rings (SSSR count). The normalized spacial score (nSPS) is 12.8. The van der Waals surface area contributed by atoms with Gasteiger partial charge in [-0.2, -0.15) is 0 Å². The number of hydrogen-bond donors (Lipinski definition) is 1. The maximum absolute atomic E-state index is 10.0. The predicted octanol–water partition coefficient (Wildman–Crippen LogP) is 2.91. The van der Waals surface area contributed by atoms with Crippen molar-refractivity contribution in [1.29, 1.82) is 0 Å². The maximum Gasteiger partial charge on any atom is 0.102 e. The van der Waals surface area contributed by atoms with Crippen molar-refractivity contribution in [3.8, 4) is 0 Å². The minimum absolute atomic E-state index is 0.319. The van der Waals surface area contributed by atoms with E-state index in [0.717, 1.165) is 12.0 Å². The quantitative estimate of drug-likeness (QED) is 0.638. The van der Waals surface area contributed by atoms with Gasteiger partial charge >= 0.3 is 0 Å². The standard InChI is InChI=1S/C17H28O4/c1-14(2)15-5-7-16(8-6-15)17(18)13-21-10-4-9-20-12-11-19-3/h5-8,14,17-18H,4,9-13H2,1-3H3. The minimum atomic E-state index is -0.569. The summed E-state index contributed by atoms with van der Waals surface area (Å²) in [6.07, 6.45) is 0.253. The molecule has 0 saturated heterocycles. The summed E-state index contributed by atoms with van der Waals surface area (Å²) in [6, 6.07) is 8.06. The van der Waals surface area contributed by atoms with E-state index >= 15 is 0 Å². The molecule has 0 aliphatic rings. The van der Waals surface area contributed by atoms with Gasteiger partial charge in [0.05, 0.1) is 19.8 Å².